The summed E-state index contributed by atoms with van der Waals surface area (Å²) in [5.74, 6) is 0.504. The van der Waals surface area contributed by atoms with Gasteiger partial charge in [-0.05, 0) is 30.5 Å². The van der Waals surface area contributed by atoms with Gasteiger partial charge in [0.25, 0.3) is 0 Å². The lowest BCUT2D eigenvalue weighted by Crippen LogP contribution is -2.08. The number of nitrogens with one attached hydrogen (secondary N) is 1. The van der Waals surface area contributed by atoms with Crippen molar-refractivity contribution < 1.29 is 9.53 Å². The van der Waals surface area contributed by atoms with Crippen LogP contribution in [0.25, 0.3) is 0 Å². The van der Waals surface area contributed by atoms with Crippen molar-refractivity contribution in [2.24, 2.45) is 5.92 Å². The highest BCUT2D eigenvalue weighted by molar-refractivity contribution is 5.96. The standard InChI is InChI=1S/C13H18N2O2/c1-17-13(16)11-8-10(4-5-12(11)14)15-7-6-9-2-3-9/h4-5,8-9,15H,2-3,6-7,14H2,1H3. The van der Waals surface area contributed by atoms with Crippen LogP contribution < -0.4 is 11.1 Å². The molecule has 0 heterocycles. The maximum Gasteiger partial charge on any atom is 0.340 e. The Bertz CT molecular complexity index is 414. The van der Waals surface area contributed by atoms with Gasteiger partial charge in [0.1, 0.15) is 0 Å². The molecular formula is C13H18N2O2. The highest BCUT2D eigenvalue weighted by Crippen LogP contribution is 2.32. The maximum absolute atomic E-state index is 11.4. The molecule has 2 rings (SSSR count). The predicted octanol–water partition coefficient (Wildman–Crippen LogP) is 2.27. The molecule has 4 nitrogen and oxygen atoms in total. The van der Waals surface area contributed by atoms with Crippen LogP contribution in [-0.4, -0.2) is 19.6 Å². The molecule has 0 spiro atoms. The molecule has 1 aromatic rings. The average Bonchev–Trinajstić information content (AvgIpc) is 3.14. The number of methoxy groups -OCH3 is 1. The predicted molar refractivity (Wildman–Crippen MR) is 68.0 cm³/mol. The molecule has 1 aromatic carbocycles. The lowest BCUT2D eigenvalue weighted by Gasteiger charge is -2.09. The summed E-state index contributed by atoms with van der Waals surface area (Å²) in [7, 11) is 1.36. The van der Waals surface area contributed by atoms with Crippen molar-refractivity contribution in [2.45, 2.75) is 19.3 Å². The molecule has 0 radical (unpaired) electrons. The van der Waals surface area contributed by atoms with Crippen molar-refractivity contribution in [3.63, 3.8) is 0 Å². The number of anilines is 2. The molecule has 0 bridgehead atoms. The van der Waals surface area contributed by atoms with Crippen LogP contribution in [0.15, 0.2) is 18.2 Å². The zero-order valence-electron chi connectivity index (χ0n) is 10.0. The molecule has 0 aliphatic heterocycles. The first-order valence-corrected chi connectivity index (χ1v) is 5.92. The Hall–Kier alpha value is -1.71. The molecule has 0 saturated heterocycles. The molecule has 1 aliphatic carbocycles. The summed E-state index contributed by atoms with van der Waals surface area (Å²) in [5, 5.41) is 3.30. The second kappa shape index (κ2) is 5.08. The van der Waals surface area contributed by atoms with Gasteiger partial charge in [-0.1, -0.05) is 12.8 Å². The highest BCUT2D eigenvalue weighted by Gasteiger charge is 2.20. The van der Waals surface area contributed by atoms with Gasteiger partial charge in [-0.3, -0.25) is 0 Å². The second-order valence-corrected chi connectivity index (χ2v) is 4.45. The van der Waals surface area contributed by atoms with E-state index in [4.69, 9.17) is 5.73 Å². The number of ether oxygens (including phenoxy) is 1. The Morgan fingerprint density at radius 1 is 1.53 bits per heavy atom. The van der Waals surface area contributed by atoms with E-state index >= 15 is 0 Å². The van der Waals surface area contributed by atoms with Crippen molar-refractivity contribution in [3.05, 3.63) is 23.8 Å². The average molecular weight is 234 g/mol. The van der Waals surface area contributed by atoms with Crippen LogP contribution in [0.3, 0.4) is 0 Å². The Morgan fingerprint density at radius 3 is 2.94 bits per heavy atom. The van der Waals surface area contributed by atoms with Crippen LogP contribution in [-0.2, 0) is 4.74 Å². The van der Waals surface area contributed by atoms with Gasteiger partial charge in [-0.15, -0.1) is 0 Å². The fraction of sp³-hybridized carbons (Fsp3) is 0.462. The van der Waals surface area contributed by atoms with Crippen molar-refractivity contribution >= 4 is 17.3 Å². The van der Waals surface area contributed by atoms with Gasteiger partial charge >= 0.3 is 5.97 Å². The van der Waals surface area contributed by atoms with E-state index in [0.717, 1.165) is 18.2 Å². The van der Waals surface area contributed by atoms with Crippen LogP contribution in [0.1, 0.15) is 29.6 Å². The summed E-state index contributed by atoms with van der Waals surface area (Å²) in [6.45, 7) is 0.940. The minimum atomic E-state index is -0.395. The molecule has 3 N–H and O–H groups in total. The van der Waals surface area contributed by atoms with Gasteiger partial charge < -0.3 is 15.8 Å². The zero-order valence-corrected chi connectivity index (χ0v) is 10.0. The SMILES string of the molecule is COC(=O)c1cc(NCCC2CC2)ccc1N. The van der Waals surface area contributed by atoms with Gasteiger partial charge in [0.2, 0.25) is 0 Å². The van der Waals surface area contributed by atoms with E-state index in [1.165, 1.54) is 26.4 Å². The van der Waals surface area contributed by atoms with E-state index in [0.29, 0.717) is 11.3 Å². The van der Waals surface area contributed by atoms with Gasteiger partial charge in [-0.2, -0.15) is 0 Å². The van der Waals surface area contributed by atoms with Crippen LogP contribution in [0.2, 0.25) is 0 Å². The highest BCUT2D eigenvalue weighted by atomic mass is 16.5. The quantitative estimate of drug-likeness (QED) is 0.606. The Morgan fingerprint density at radius 2 is 2.29 bits per heavy atom. The van der Waals surface area contributed by atoms with Gasteiger partial charge in [0, 0.05) is 17.9 Å². The number of carbonyl (C=O) groups is 1. The monoisotopic (exact) mass is 234 g/mol. The lowest BCUT2D eigenvalue weighted by molar-refractivity contribution is 0.0602. The fourth-order valence-corrected chi connectivity index (χ4v) is 1.78. The molecule has 17 heavy (non-hydrogen) atoms. The normalized spacial score (nSPS) is 14.4. The number of hydrogen-bond donors (Lipinski definition) is 2. The van der Waals surface area contributed by atoms with E-state index in [2.05, 4.69) is 10.1 Å². The number of rotatable bonds is 5. The molecule has 1 saturated carbocycles. The van der Waals surface area contributed by atoms with Crippen LogP contribution in [0, 0.1) is 5.92 Å². The molecule has 0 atom stereocenters. The molecule has 4 heteroatoms. The van der Waals surface area contributed by atoms with Crippen molar-refractivity contribution in [2.75, 3.05) is 24.7 Å². The third kappa shape index (κ3) is 3.12. The first-order valence-electron chi connectivity index (χ1n) is 5.92. The molecule has 0 amide bonds. The summed E-state index contributed by atoms with van der Waals surface area (Å²) in [6, 6.07) is 5.36. The molecule has 1 aliphatic rings. The number of esters is 1. The minimum Gasteiger partial charge on any atom is -0.465 e. The van der Waals surface area contributed by atoms with Gasteiger partial charge in [-0.25, -0.2) is 4.79 Å². The van der Waals surface area contributed by atoms with Gasteiger partial charge in [0.15, 0.2) is 0 Å². The number of benzene rings is 1. The topological polar surface area (TPSA) is 64.3 Å². The lowest BCUT2D eigenvalue weighted by atomic mass is 10.1. The molecule has 92 valence electrons. The third-order valence-corrected chi connectivity index (χ3v) is 3.04. The number of nitrogen functional groups attached to an aromatic ring is 1. The second-order valence-electron chi connectivity index (χ2n) is 4.45. The van der Waals surface area contributed by atoms with Crippen LogP contribution in [0.5, 0.6) is 0 Å². The zero-order chi connectivity index (χ0) is 12.3. The summed E-state index contributed by atoms with van der Waals surface area (Å²) in [5.41, 5.74) is 7.51. The largest absolute Gasteiger partial charge is 0.465 e. The maximum atomic E-state index is 11.4. The summed E-state index contributed by atoms with van der Waals surface area (Å²) < 4.78 is 4.68. The van der Waals surface area contributed by atoms with E-state index in [1.807, 2.05) is 6.07 Å². The summed E-state index contributed by atoms with van der Waals surface area (Å²) in [6.07, 6.45) is 3.91. The van der Waals surface area contributed by atoms with E-state index < -0.39 is 5.97 Å². The molecule has 1 fully saturated rings. The Labute approximate surface area is 101 Å². The summed E-state index contributed by atoms with van der Waals surface area (Å²) in [4.78, 5) is 11.4. The first-order chi connectivity index (χ1) is 8.20. The van der Waals surface area contributed by atoms with Gasteiger partial charge in [0.05, 0.1) is 12.7 Å². The fourth-order valence-electron chi connectivity index (χ4n) is 1.78. The molecular weight excluding hydrogens is 216 g/mol. The van der Waals surface area contributed by atoms with E-state index in [1.54, 1.807) is 12.1 Å². The minimum absolute atomic E-state index is 0.395. The first kappa shape index (κ1) is 11.8. The van der Waals surface area contributed by atoms with Crippen molar-refractivity contribution in [3.8, 4) is 0 Å². The van der Waals surface area contributed by atoms with E-state index in [-0.39, 0.29) is 0 Å². The third-order valence-electron chi connectivity index (χ3n) is 3.04. The number of carbonyl (C=O) groups excluding carboxylic acids is 1. The number of nitrogens with two attached hydrogens (primary N) is 1. The van der Waals surface area contributed by atoms with Crippen LogP contribution >= 0.6 is 0 Å². The van der Waals surface area contributed by atoms with Crippen LogP contribution in [0.4, 0.5) is 11.4 Å². The summed E-state index contributed by atoms with van der Waals surface area (Å²) >= 11 is 0. The Kier molecular flexibility index (Phi) is 3.52. The number of hydrogen-bond acceptors (Lipinski definition) is 4. The molecule has 0 aromatic heterocycles. The van der Waals surface area contributed by atoms with Crippen molar-refractivity contribution in [1.29, 1.82) is 0 Å². The van der Waals surface area contributed by atoms with E-state index in [9.17, 15) is 4.79 Å². The van der Waals surface area contributed by atoms with Crippen molar-refractivity contribution in [1.82, 2.24) is 0 Å². The molecule has 0 unspecified atom stereocenters. The Balaban J connectivity index is 1.98. The smallest absolute Gasteiger partial charge is 0.340 e.